The maximum atomic E-state index is 10.3. The summed E-state index contributed by atoms with van der Waals surface area (Å²) < 4.78 is 0. The third-order valence-corrected chi connectivity index (χ3v) is 1.68. The quantitative estimate of drug-likeness (QED) is 0.676. The lowest BCUT2D eigenvalue weighted by Crippen LogP contribution is -1.73. The molecule has 0 amide bonds. The molecular formula is C9H9ClNO+. The zero-order valence-electron chi connectivity index (χ0n) is 7.28. The van der Waals surface area contributed by atoms with Gasteiger partial charge in [0.2, 0.25) is 0 Å². The Labute approximate surface area is 77.5 Å². The van der Waals surface area contributed by atoms with Crippen LogP contribution in [-0.2, 0) is 0 Å². The van der Waals surface area contributed by atoms with E-state index in [2.05, 4.69) is 4.98 Å². The van der Waals surface area contributed by atoms with Crippen LogP contribution >= 0.6 is 12.4 Å². The number of carbonyl (C=O) groups is 1. The van der Waals surface area contributed by atoms with Gasteiger partial charge in [0.15, 0.2) is 6.29 Å². The molecule has 1 N–H and O–H groups in total. The van der Waals surface area contributed by atoms with Crippen LogP contribution in [-0.4, -0.2) is 11.3 Å². The van der Waals surface area contributed by atoms with Gasteiger partial charge >= 0.3 is 1.43 Å². The van der Waals surface area contributed by atoms with E-state index in [4.69, 9.17) is 0 Å². The summed E-state index contributed by atoms with van der Waals surface area (Å²) in [4.78, 5) is 13.3. The normalized spacial score (nSPS) is 9.33. The van der Waals surface area contributed by atoms with E-state index in [-0.39, 0.29) is 13.8 Å². The third kappa shape index (κ3) is 1.34. The number of halogens is 1. The highest BCUT2D eigenvalue weighted by Gasteiger charge is 1.95. The summed E-state index contributed by atoms with van der Waals surface area (Å²) in [6.07, 6.45) is 0.819. The molecule has 0 saturated heterocycles. The number of benzene rings is 1. The summed E-state index contributed by atoms with van der Waals surface area (Å²) in [7, 11) is 0. The van der Waals surface area contributed by atoms with Crippen LogP contribution in [0.2, 0.25) is 0 Å². The molecule has 62 valence electrons. The second kappa shape index (κ2) is 3.41. The van der Waals surface area contributed by atoms with Crippen molar-refractivity contribution in [1.82, 2.24) is 4.98 Å². The highest BCUT2D eigenvalue weighted by molar-refractivity contribution is 5.87. The topological polar surface area (TPSA) is 32.9 Å². The van der Waals surface area contributed by atoms with Crippen LogP contribution in [0, 0.1) is 0 Å². The van der Waals surface area contributed by atoms with Crippen molar-refractivity contribution in [3.63, 3.8) is 0 Å². The molecule has 1 aromatic heterocycles. The molecule has 0 spiro atoms. The van der Waals surface area contributed by atoms with E-state index < -0.39 is 0 Å². The van der Waals surface area contributed by atoms with Gasteiger partial charge in [0.25, 0.3) is 0 Å². The zero-order valence-corrected chi connectivity index (χ0v) is 7.10. The molecule has 1 heterocycles. The minimum atomic E-state index is 0. The Morgan fingerprint density at radius 2 is 2.08 bits per heavy atom. The fraction of sp³-hybridized carbons (Fsp3) is 0. The molecule has 0 aliphatic rings. The van der Waals surface area contributed by atoms with Crippen LogP contribution in [0.15, 0.2) is 30.3 Å². The number of rotatable bonds is 1. The van der Waals surface area contributed by atoms with Gasteiger partial charge in [-0.2, -0.15) is 0 Å². The van der Waals surface area contributed by atoms with Crippen molar-refractivity contribution in [2.24, 2.45) is 0 Å². The van der Waals surface area contributed by atoms with Crippen molar-refractivity contribution in [2.75, 3.05) is 0 Å². The van der Waals surface area contributed by atoms with Crippen molar-refractivity contribution in [3.8, 4) is 0 Å². The molecule has 12 heavy (non-hydrogen) atoms. The fourth-order valence-electron chi connectivity index (χ4n) is 1.16. The minimum absolute atomic E-state index is 0. The van der Waals surface area contributed by atoms with Crippen LogP contribution in [0.1, 0.15) is 11.9 Å². The number of H-pyrrole nitrogens is 1. The smallest absolute Gasteiger partial charge is 0.352 e. The predicted molar refractivity (Wildman–Crippen MR) is 52.0 cm³/mol. The van der Waals surface area contributed by atoms with E-state index in [1.54, 1.807) is 0 Å². The number of aromatic nitrogens is 1. The highest BCUT2D eigenvalue weighted by Crippen LogP contribution is 2.12. The van der Waals surface area contributed by atoms with Crippen LogP contribution in [0.25, 0.3) is 10.9 Å². The van der Waals surface area contributed by atoms with E-state index in [9.17, 15) is 4.79 Å². The average molecular weight is 183 g/mol. The van der Waals surface area contributed by atoms with Gasteiger partial charge in [0.1, 0.15) is 0 Å². The Morgan fingerprint density at radius 3 is 2.75 bits per heavy atom. The van der Waals surface area contributed by atoms with Crippen LogP contribution < -0.4 is 0 Å². The summed E-state index contributed by atoms with van der Waals surface area (Å²) in [6.45, 7) is 0. The van der Waals surface area contributed by atoms with Gasteiger partial charge in [-0.25, -0.2) is 0 Å². The number of nitrogens with one attached hydrogen (secondary N) is 1. The minimum Gasteiger partial charge on any atom is -0.352 e. The maximum absolute atomic E-state index is 10.3. The Bertz CT molecular complexity index is 366. The Morgan fingerprint density at radius 1 is 1.33 bits per heavy atom. The van der Waals surface area contributed by atoms with Crippen molar-refractivity contribution < 1.29 is 6.22 Å². The molecule has 2 rings (SSSR count). The lowest BCUT2D eigenvalue weighted by Gasteiger charge is -1.83. The van der Waals surface area contributed by atoms with Crippen LogP contribution in [0.4, 0.5) is 0 Å². The maximum Gasteiger partial charge on any atom is 1.00 e. The molecule has 2 aromatic rings. The number of para-hydroxylation sites is 1. The Kier molecular flexibility index (Phi) is 2.51. The number of hydrogen-bond acceptors (Lipinski definition) is 1. The molecule has 0 atom stereocenters. The fourth-order valence-corrected chi connectivity index (χ4v) is 1.16. The van der Waals surface area contributed by atoms with Gasteiger partial charge in [0.05, 0.1) is 5.69 Å². The number of hydrogen-bond donors (Lipinski definition) is 1. The van der Waals surface area contributed by atoms with Gasteiger partial charge in [-0.1, -0.05) is 18.2 Å². The van der Waals surface area contributed by atoms with Gasteiger partial charge in [-0.05, 0) is 12.1 Å². The lowest BCUT2D eigenvalue weighted by molar-refractivity contribution is 0.112. The summed E-state index contributed by atoms with van der Waals surface area (Å²) in [5, 5.41) is 1.08. The molecule has 0 bridgehead atoms. The van der Waals surface area contributed by atoms with Crippen molar-refractivity contribution >= 4 is 29.6 Å². The van der Waals surface area contributed by atoms with Crippen molar-refractivity contribution in [2.45, 2.75) is 0 Å². The first-order chi connectivity index (χ1) is 5.40. The molecule has 0 unspecified atom stereocenters. The molecule has 0 aliphatic heterocycles. The van der Waals surface area contributed by atoms with Crippen molar-refractivity contribution in [3.05, 3.63) is 36.0 Å². The first kappa shape index (κ1) is 8.81. The summed E-state index contributed by atoms with van der Waals surface area (Å²) in [6, 6.07) is 9.64. The van der Waals surface area contributed by atoms with Gasteiger partial charge in [0, 0.05) is 10.9 Å². The standard InChI is InChI=1S/C9H7NO.ClH/c11-6-8-5-7-3-1-2-4-9(7)10-8;/h1-6,10H;1H/p+1. The zero-order chi connectivity index (χ0) is 7.68. The SMILES string of the molecule is Cl.O=Cc1cc2ccccc2[nH]1.[H+]. The lowest BCUT2D eigenvalue weighted by atomic mass is 10.2. The van der Waals surface area contributed by atoms with Gasteiger partial charge in [-0.3, -0.25) is 4.79 Å². The number of aldehydes is 1. The number of carbonyl (C=O) groups excluding carboxylic acids is 1. The summed E-state index contributed by atoms with van der Waals surface area (Å²) >= 11 is 0. The molecule has 0 aliphatic carbocycles. The second-order valence-corrected chi connectivity index (χ2v) is 2.43. The Hall–Kier alpha value is -1.28. The molecule has 0 radical (unpaired) electrons. The average Bonchev–Trinajstić information content (AvgIpc) is 2.46. The van der Waals surface area contributed by atoms with Gasteiger partial charge in [-0.15, -0.1) is 12.4 Å². The first-order valence-electron chi connectivity index (χ1n) is 3.43. The number of fused-ring (bicyclic) bond motifs is 1. The molecule has 2 nitrogen and oxygen atoms in total. The molecule has 3 heteroatoms. The molecule has 0 fully saturated rings. The largest absolute Gasteiger partial charge is 1.00 e. The van der Waals surface area contributed by atoms with Crippen LogP contribution in [0.3, 0.4) is 0 Å². The van der Waals surface area contributed by atoms with E-state index in [0.717, 1.165) is 17.2 Å². The first-order valence-corrected chi connectivity index (χ1v) is 3.43. The molecule has 0 saturated carbocycles. The third-order valence-electron chi connectivity index (χ3n) is 1.68. The van der Waals surface area contributed by atoms with Crippen molar-refractivity contribution in [1.29, 1.82) is 0 Å². The van der Waals surface area contributed by atoms with E-state index >= 15 is 0 Å². The monoisotopic (exact) mass is 182 g/mol. The summed E-state index contributed by atoms with van der Waals surface area (Å²) in [5.41, 5.74) is 1.64. The van der Waals surface area contributed by atoms with Gasteiger partial charge < -0.3 is 4.98 Å². The molecule has 1 aromatic carbocycles. The predicted octanol–water partition coefficient (Wildman–Crippen LogP) is 2.51. The van der Waals surface area contributed by atoms with E-state index in [1.807, 2.05) is 30.3 Å². The Balaban J connectivity index is 0.000000720. The summed E-state index contributed by atoms with van der Waals surface area (Å²) in [5.74, 6) is 0. The molecular weight excluding hydrogens is 174 g/mol. The highest BCUT2D eigenvalue weighted by atomic mass is 35.5. The number of aromatic amines is 1. The van der Waals surface area contributed by atoms with Crippen LogP contribution in [0.5, 0.6) is 0 Å². The second-order valence-electron chi connectivity index (χ2n) is 2.43. The van der Waals surface area contributed by atoms with E-state index in [1.165, 1.54) is 0 Å². The van der Waals surface area contributed by atoms with E-state index in [0.29, 0.717) is 5.69 Å².